The zero-order valence-electron chi connectivity index (χ0n) is 14.1. The molecule has 0 spiro atoms. The Morgan fingerprint density at radius 3 is 2.57 bits per heavy atom. The molecule has 0 unspecified atom stereocenters. The van der Waals surface area contributed by atoms with Crippen LogP contribution in [0.15, 0.2) is 18.2 Å². The van der Waals surface area contributed by atoms with E-state index < -0.39 is 0 Å². The summed E-state index contributed by atoms with van der Waals surface area (Å²) in [7, 11) is 0. The van der Waals surface area contributed by atoms with Crippen LogP contribution in [-0.4, -0.2) is 18.7 Å². The first-order valence-electron chi connectivity index (χ1n) is 8.75. The van der Waals surface area contributed by atoms with E-state index in [-0.39, 0.29) is 23.8 Å². The van der Waals surface area contributed by atoms with Gasteiger partial charge in [-0.25, -0.2) is 4.39 Å². The molecule has 0 aliphatic heterocycles. The predicted octanol–water partition coefficient (Wildman–Crippen LogP) is 4.67. The SMILES string of the molecule is CCCCOC1CCC(C(=O)Oc2ccc(CC)c(F)c2)CC1. The number of halogens is 1. The van der Waals surface area contributed by atoms with Crippen LogP contribution in [0.5, 0.6) is 5.75 Å². The van der Waals surface area contributed by atoms with Crippen LogP contribution in [-0.2, 0) is 16.0 Å². The summed E-state index contributed by atoms with van der Waals surface area (Å²) in [6.45, 7) is 4.84. The molecule has 1 saturated carbocycles. The second kappa shape index (κ2) is 9.02. The van der Waals surface area contributed by atoms with Crippen LogP contribution in [0.3, 0.4) is 0 Å². The molecule has 128 valence electrons. The van der Waals surface area contributed by atoms with Gasteiger partial charge >= 0.3 is 5.97 Å². The zero-order valence-corrected chi connectivity index (χ0v) is 14.1. The summed E-state index contributed by atoms with van der Waals surface area (Å²) in [5, 5.41) is 0. The lowest BCUT2D eigenvalue weighted by molar-refractivity contribution is -0.141. The summed E-state index contributed by atoms with van der Waals surface area (Å²) in [5.74, 6) is -0.368. The highest BCUT2D eigenvalue weighted by Gasteiger charge is 2.28. The lowest BCUT2D eigenvalue weighted by Crippen LogP contribution is -2.29. The van der Waals surface area contributed by atoms with Crippen molar-refractivity contribution in [3.63, 3.8) is 0 Å². The fraction of sp³-hybridized carbons (Fsp3) is 0.632. The molecule has 0 amide bonds. The molecule has 1 fully saturated rings. The van der Waals surface area contributed by atoms with Gasteiger partial charge in [-0.3, -0.25) is 4.79 Å². The Labute approximate surface area is 138 Å². The molecule has 0 aromatic heterocycles. The fourth-order valence-corrected chi connectivity index (χ4v) is 2.94. The third kappa shape index (κ3) is 5.31. The molecule has 0 radical (unpaired) electrons. The van der Waals surface area contributed by atoms with Crippen LogP contribution < -0.4 is 4.74 Å². The van der Waals surface area contributed by atoms with Crippen LogP contribution in [0.1, 0.15) is 57.9 Å². The predicted molar refractivity (Wildman–Crippen MR) is 88.0 cm³/mol. The summed E-state index contributed by atoms with van der Waals surface area (Å²) < 4.78 is 24.9. The number of ether oxygens (including phenoxy) is 2. The third-order valence-electron chi connectivity index (χ3n) is 4.48. The van der Waals surface area contributed by atoms with E-state index in [0.29, 0.717) is 17.7 Å². The molecule has 0 atom stereocenters. The number of hydrogen-bond donors (Lipinski definition) is 0. The van der Waals surface area contributed by atoms with Gasteiger partial charge in [0.05, 0.1) is 12.0 Å². The molecule has 23 heavy (non-hydrogen) atoms. The van der Waals surface area contributed by atoms with E-state index in [9.17, 15) is 9.18 Å². The average Bonchev–Trinajstić information content (AvgIpc) is 2.56. The molecule has 0 bridgehead atoms. The van der Waals surface area contributed by atoms with E-state index in [2.05, 4.69) is 6.92 Å². The van der Waals surface area contributed by atoms with Crippen LogP contribution >= 0.6 is 0 Å². The van der Waals surface area contributed by atoms with Crippen LogP contribution in [0, 0.1) is 11.7 Å². The summed E-state index contributed by atoms with van der Waals surface area (Å²) in [5.41, 5.74) is 0.634. The minimum Gasteiger partial charge on any atom is -0.426 e. The number of benzene rings is 1. The van der Waals surface area contributed by atoms with Crippen molar-refractivity contribution in [2.24, 2.45) is 5.92 Å². The van der Waals surface area contributed by atoms with E-state index in [1.54, 1.807) is 12.1 Å². The first kappa shape index (κ1) is 17.9. The lowest BCUT2D eigenvalue weighted by Gasteiger charge is -2.27. The maximum absolute atomic E-state index is 13.7. The van der Waals surface area contributed by atoms with Crippen LogP contribution in [0.25, 0.3) is 0 Å². The maximum atomic E-state index is 13.7. The third-order valence-corrected chi connectivity index (χ3v) is 4.48. The van der Waals surface area contributed by atoms with Crippen molar-refractivity contribution in [3.05, 3.63) is 29.6 Å². The number of carbonyl (C=O) groups is 1. The van der Waals surface area contributed by atoms with Gasteiger partial charge in [0.25, 0.3) is 0 Å². The minimum absolute atomic E-state index is 0.102. The standard InChI is InChI=1S/C19H27FO3/c1-3-5-12-22-16-9-7-15(8-10-16)19(21)23-17-11-6-14(4-2)18(20)13-17/h6,11,13,15-16H,3-5,7-10,12H2,1-2H3. The summed E-state index contributed by atoms with van der Waals surface area (Å²) in [6, 6.07) is 4.64. The van der Waals surface area contributed by atoms with E-state index in [1.165, 1.54) is 6.07 Å². The zero-order chi connectivity index (χ0) is 16.7. The molecule has 0 N–H and O–H groups in total. The molecule has 1 aromatic rings. The van der Waals surface area contributed by atoms with Gasteiger partial charge in [-0.1, -0.05) is 26.3 Å². The Hall–Kier alpha value is -1.42. The van der Waals surface area contributed by atoms with Crippen LogP contribution in [0.4, 0.5) is 4.39 Å². The monoisotopic (exact) mass is 322 g/mol. The van der Waals surface area contributed by atoms with Crippen molar-refractivity contribution in [3.8, 4) is 5.75 Å². The number of esters is 1. The number of hydrogen-bond acceptors (Lipinski definition) is 3. The number of rotatable bonds is 7. The highest BCUT2D eigenvalue weighted by molar-refractivity contribution is 5.75. The summed E-state index contributed by atoms with van der Waals surface area (Å²) in [6.07, 6.45) is 6.47. The number of unbranched alkanes of at least 4 members (excludes halogenated alkanes) is 1. The molecule has 0 heterocycles. The molecule has 0 saturated heterocycles. The van der Waals surface area contributed by atoms with Crippen molar-refractivity contribution >= 4 is 5.97 Å². The highest BCUT2D eigenvalue weighted by Crippen LogP contribution is 2.28. The van der Waals surface area contributed by atoms with Gasteiger partial charge < -0.3 is 9.47 Å². The van der Waals surface area contributed by atoms with Gasteiger partial charge in [-0.15, -0.1) is 0 Å². The molecule has 3 nitrogen and oxygen atoms in total. The molecule has 2 rings (SSSR count). The van der Waals surface area contributed by atoms with E-state index in [0.717, 1.165) is 45.1 Å². The van der Waals surface area contributed by atoms with E-state index in [4.69, 9.17) is 9.47 Å². The molecule has 1 aliphatic carbocycles. The number of carbonyl (C=O) groups excluding carboxylic acids is 1. The second-order valence-electron chi connectivity index (χ2n) is 6.23. The van der Waals surface area contributed by atoms with Crippen molar-refractivity contribution in [2.45, 2.75) is 64.9 Å². The maximum Gasteiger partial charge on any atom is 0.314 e. The van der Waals surface area contributed by atoms with Crippen molar-refractivity contribution in [1.29, 1.82) is 0 Å². The molecule has 1 aliphatic rings. The molecular weight excluding hydrogens is 295 g/mol. The molecule has 1 aromatic carbocycles. The van der Waals surface area contributed by atoms with E-state index >= 15 is 0 Å². The highest BCUT2D eigenvalue weighted by atomic mass is 19.1. The quantitative estimate of drug-likeness (QED) is 0.416. The van der Waals surface area contributed by atoms with Crippen LogP contribution in [0.2, 0.25) is 0 Å². The first-order valence-corrected chi connectivity index (χ1v) is 8.75. The first-order chi connectivity index (χ1) is 11.1. The molecular formula is C19H27FO3. The van der Waals surface area contributed by atoms with Crippen molar-refractivity contribution in [2.75, 3.05) is 6.61 Å². The van der Waals surface area contributed by atoms with E-state index in [1.807, 2.05) is 6.92 Å². The smallest absolute Gasteiger partial charge is 0.314 e. The Bertz CT molecular complexity index is 507. The van der Waals surface area contributed by atoms with Gasteiger partial charge in [0.1, 0.15) is 11.6 Å². The van der Waals surface area contributed by atoms with Gasteiger partial charge in [0, 0.05) is 12.7 Å². The lowest BCUT2D eigenvalue weighted by atomic mass is 9.87. The molecule has 4 heteroatoms. The van der Waals surface area contributed by atoms with Crippen molar-refractivity contribution < 1.29 is 18.7 Å². The average molecular weight is 322 g/mol. The Morgan fingerprint density at radius 1 is 1.22 bits per heavy atom. The summed E-state index contributed by atoms with van der Waals surface area (Å²) in [4.78, 5) is 12.2. The van der Waals surface area contributed by atoms with Gasteiger partial charge in [-0.05, 0) is 50.2 Å². The fourth-order valence-electron chi connectivity index (χ4n) is 2.94. The second-order valence-corrected chi connectivity index (χ2v) is 6.23. The Balaban J connectivity index is 1.80. The van der Waals surface area contributed by atoms with Gasteiger partial charge in [-0.2, -0.15) is 0 Å². The topological polar surface area (TPSA) is 35.5 Å². The largest absolute Gasteiger partial charge is 0.426 e. The van der Waals surface area contributed by atoms with Gasteiger partial charge in [0.2, 0.25) is 0 Å². The minimum atomic E-state index is -0.314. The van der Waals surface area contributed by atoms with Crippen molar-refractivity contribution in [1.82, 2.24) is 0 Å². The van der Waals surface area contributed by atoms with Gasteiger partial charge in [0.15, 0.2) is 0 Å². The Kier molecular flexibility index (Phi) is 7.03. The Morgan fingerprint density at radius 2 is 1.96 bits per heavy atom. The normalized spacial score (nSPS) is 21.2. The number of aryl methyl sites for hydroxylation is 1. The summed E-state index contributed by atoms with van der Waals surface area (Å²) >= 11 is 0.